The number of Topliss-reactive ketones (excluding diaryl/α,β-unsaturated/α-hetero) is 1. The van der Waals surface area contributed by atoms with Crippen molar-refractivity contribution in [2.45, 2.75) is 64.7 Å². The molecule has 0 spiro atoms. The molecule has 0 aromatic rings. The molecule has 27 heavy (non-hydrogen) atoms. The molecular weight excluding hydrogens is 350 g/mol. The predicted molar refractivity (Wildman–Crippen MR) is 99.8 cm³/mol. The third-order valence-electron chi connectivity index (χ3n) is 5.13. The Morgan fingerprint density at radius 3 is 2.37 bits per heavy atom. The van der Waals surface area contributed by atoms with Crippen LogP contribution in [-0.2, 0) is 28.7 Å². The summed E-state index contributed by atoms with van der Waals surface area (Å²) in [5.74, 6) is -1.14. The topological polar surface area (TPSA) is 90.0 Å². The lowest BCUT2D eigenvalue weighted by Crippen LogP contribution is -2.27. The first-order valence-electron chi connectivity index (χ1n) is 9.88. The maximum absolute atomic E-state index is 12.0. The van der Waals surface area contributed by atoms with Gasteiger partial charge >= 0.3 is 11.9 Å². The Labute approximate surface area is 161 Å². The van der Waals surface area contributed by atoms with Gasteiger partial charge in [-0.1, -0.05) is 26.2 Å². The molecule has 1 amide bonds. The van der Waals surface area contributed by atoms with Gasteiger partial charge in [0.15, 0.2) is 0 Å². The second-order valence-electron chi connectivity index (χ2n) is 7.15. The number of unbranched alkanes of at least 4 members (excludes halogenated alkanes) is 4. The standard InChI is InChI=1S/C20H33NO6/c1-4-15(19(24)26-2)12-17(22)10-8-6-5-7-9-11-21-14-16(13-18(21)23)20(25)27-3/h15-16H,4-14H2,1-3H3. The first-order valence-corrected chi connectivity index (χ1v) is 9.88. The summed E-state index contributed by atoms with van der Waals surface area (Å²) >= 11 is 0. The molecule has 1 heterocycles. The molecule has 0 aromatic carbocycles. The molecule has 0 N–H and O–H groups in total. The highest BCUT2D eigenvalue weighted by Crippen LogP contribution is 2.20. The van der Waals surface area contributed by atoms with Gasteiger partial charge in [-0.25, -0.2) is 0 Å². The lowest BCUT2D eigenvalue weighted by Gasteiger charge is -2.16. The highest BCUT2D eigenvalue weighted by molar-refractivity contribution is 5.86. The number of methoxy groups -OCH3 is 2. The lowest BCUT2D eigenvalue weighted by atomic mass is 9.97. The van der Waals surface area contributed by atoms with E-state index in [-0.39, 0.29) is 48.3 Å². The summed E-state index contributed by atoms with van der Waals surface area (Å²) < 4.78 is 9.40. The highest BCUT2D eigenvalue weighted by atomic mass is 16.5. The van der Waals surface area contributed by atoms with Gasteiger partial charge < -0.3 is 14.4 Å². The van der Waals surface area contributed by atoms with E-state index in [0.717, 1.165) is 32.1 Å². The van der Waals surface area contributed by atoms with Gasteiger partial charge in [0.1, 0.15) is 5.78 Å². The first-order chi connectivity index (χ1) is 12.9. The molecule has 7 heteroatoms. The fourth-order valence-electron chi connectivity index (χ4n) is 3.41. The van der Waals surface area contributed by atoms with Gasteiger partial charge in [0.25, 0.3) is 0 Å². The molecule has 0 radical (unpaired) electrons. The Morgan fingerprint density at radius 2 is 1.74 bits per heavy atom. The van der Waals surface area contributed by atoms with Crippen LogP contribution in [0.5, 0.6) is 0 Å². The number of amides is 1. The number of rotatable bonds is 13. The summed E-state index contributed by atoms with van der Waals surface area (Å²) in [4.78, 5) is 48.6. The van der Waals surface area contributed by atoms with E-state index < -0.39 is 0 Å². The smallest absolute Gasteiger partial charge is 0.310 e. The molecule has 0 aromatic heterocycles. The molecule has 0 bridgehead atoms. The van der Waals surface area contributed by atoms with Crippen molar-refractivity contribution in [2.75, 3.05) is 27.3 Å². The van der Waals surface area contributed by atoms with E-state index in [0.29, 0.717) is 25.9 Å². The summed E-state index contributed by atoms with van der Waals surface area (Å²) in [5.41, 5.74) is 0. The first kappa shape index (κ1) is 23.1. The molecule has 2 unspecified atom stereocenters. The van der Waals surface area contributed by atoms with E-state index in [4.69, 9.17) is 9.47 Å². The van der Waals surface area contributed by atoms with Crippen molar-refractivity contribution in [3.05, 3.63) is 0 Å². The van der Waals surface area contributed by atoms with Crippen molar-refractivity contribution in [2.24, 2.45) is 11.8 Å². The van der Waals surface area contributed by atoms with Crippen molar-refractivity contribution < 1.29 is 28.7 Å². The highest BCUT2D eigenvalue weighted by Gasteiger charge is 2.34. The van der Waals surface area contributed by atoms with Crippen molar-refractivity contribution in [3.63, 3.8) is 0 Å². The summed E-state index contributed by atoms with van der Waals surface area (Å²) in [7, 11) is 2.69. The Bertz CT molecular complexity index is 519. The molecule has 1 aliphatic heterocycles. The van der Waals surface area contributed by atoms with Crippen LogP contribution in [0.15, 0.2) is 0 Å². The van der Waals surface area contributed by atoms with Crippen LogP contribution < -0.4 is 0 Å². The van der Waals surface area contributed by atoms with Crippen LogP contribution in [-0.4, -0.2) is 55.8 Å². The maximum Gasteiger partial charge on any atom is 0.310 e. The monoisotopic (exact) mass is 383 g/mol. The largest absolute Gasteiger partial charge is 0.469 e. The van der Waals surface area contributed by atoms with Crippen LogP contribution in [0.25, 0.3) is 0 Å². The third kappa shape index (κ3) is 8.10. The van der Waals surface area contributed by atoms with Crippen LogP contribution in [0.3, 0.4) is 0 Å². The number of carbonyl (C=O) groups excluding carboxylic acids is 4. The molecule has 0 saturated carbocycles. The summed E-state index contributed by atoms with van der Waals surface area (Å²) in [6.45, 7) is 3.01. The van der Waals surface area contributed by atoms with Gasteiger partial charge in [-0.3, -0.25) is 19.2 Å². The van der Waals surface area contributed by atoms with Crippen LogP contribution in [0.1, 0.15) is 64.7 Å². The van der Waals surface area contributed by atoms with Gasteiger partial charge in [0.2, 0.25) is 5.91 Å². The van der Waals surface area contributed by atoms with Crippen molar-refractivity contribution >= 4 is 23.6 Å². The molecule has 0 aliphatic carbocycles. The average molecular weight is 383 g/mol. The summed E-state index contributed by atoms with van der Waals surface area (Å²) in [6.07, 6.45) is 6.30. The number of ketones is 1. The number of hydrogen-bond acceptors (Lipinski definition) is 6. The second kappa shape index (κ2) is 12.5. The molecule has 7 nitrogen and oxygen atoms in total. The van der Waals surface area contributed by atoms with E-state index in [1.54, 1.807) is 4.90 Å². The van der Waals surface area contributed by atoms with E-state index in [1.165, 1.54) is 14.2 Å². The molecule has 154 valence electrons. The molecule has 1 saturated heterocycles. The zero-order valence-corrected chi connectivity index (χ0v) is 16.8. The third-order valence-corrected chi connectivity index (χ3v) is 5.13. The minimum absolute atomic E-state index is 0.0204. The van der Waals surface area contributed by atoms with Gasteiger partial charge in [-0.15, -0.1) is 0 Å². The van der Waals surface area contributed by atoms with E-state index in [2.05, 4.69) is 0 Å². The van der Waals surface area contributed by atoms with E-state index >= 15 is 0 Å². The number of carbonyl (C=O) groups is 4. The van der Waals surface area contributed by atoms with Crippen molar-refractivity contribution in [1.82, 2.24) is 4.90 Å². The lowest BCUT2D eigenvalue weighted by molar-refractivity contribution is -0.147. The molecule has 1 fully saturated rings. The van der Waals surface area contributed by atoms with E-state index in [9.17, 15) is 19.2 Å². The Hall–Kier alpha value is -1.92. The van der Waals surface area contributed by atoms with Gasteiger partial charge in [0, 0.05) is 32.4 Å². The number of ether oxygens (including phenoxy) is 2. The number of nitrogens with zero attached hydrogens (tertiary/aromatic N) is 1. The number of esters is 2. The summed E-state index contributed by atoms with van der Waals surface area (Å²) in [6, 6.07) is 0. The minimum atomic E-state index is -0.328. The maximum atomic E-state index is 12.0. The second-order valence-corrected chi connectivity index (χ2v) is 7.15. The Morgan fingerprint density at radius 1 is 1.07 bits per heavy atom. The average Bonchev–Trinajstić information content (AvgIpc) is 3.04. The fraction of sp³-hybridized carbons (Fsp3) is 0.800. The van der Waals surface area contributed by atoms with Gasteiger partial charge in [0.05, 0.1) is 26.1 Å². The SMILES string of the molecule is CCC(CC(=O)CCCCCCCN1CC(C(=O)OC)CC1=O)C(=O)OC. The fourth-order valence-corrected chi connectivity index (χ4v) is 3.41. The zero-order chi connectivity index (χ0) is 20.2. The predicted octanol–water partition coefficient (Wildman–Crippen LogP) is 2.51. The normalized spacial score (nSPS) is 17.7. The van der Waals surface area contributed by atoms with Crippen LogP contribution in [0.2, 0.25) is 0 Å². The van der Waals surface area contributed by atoms with Crippen molar-refractivity contribution in [3.8, 4) is 0 Å². The van der Waals surface area contributed by atoms with Crippen LogP contribution >= 0.6 is 0 Å². The zero-order valence-electron chi connectivity index (χ0n) is 16.8. The van der Waals surface area contributed by atoms with Crippen LogP contribution in [0.4, 0.5) is 0 Å². The Kier molecular flexibility index (Phi) is 10.7. The van der Waals surface area contributed by atoms with Gasteiger partial charge in [-0.05, 0) is 19.3 Å². The minimum Gasteiger partial charge on any atom is -0.469 e. The quantitative estimate of drug-likeness (QED) is 0.359. The Balaban J connectivity index is 2.09. The van der Waals surface area contributed by atoms with E-state index in [1.807, 2.05) is 6.92 Å². The summed E-state index contributed by atoms with van der Waals surface area (Å²) in [5, 5.41) is 0. The van der Waals surface area contributed by atoms with Crippen molar-refractivity contribution in [1.29, 1.82) is 0 Å². The molecule has 1 aliphatic rings. The van der Waals surface area contributed by atoms with Crippen LogP contribution in [0, 0.1) is 11.8 Å². The van der Waals surface area contributed by atoms with Gasteiger partial charge in [-0.2, -0.15) is 0 Å². The number of likely N-dealkylation sites (tertiary alicyclic amines) is 1. The molecule has 1 rings (SSSR count). The number of hydrogen-bond donors (Lipinski definition) is 0. The molecular formula is C20H33NO6. The molecule has 2 atom stereocenters.